The summed E-state index contributed by atoms with van der Waals surface area (Å²) in [4.78, 5) is 151. The first-order valence-corrected chi connectivity index (χ1v) is 48.1. The standard InChI is InChI=1S/C69H100N6O36P6S/c1-97-112(85,86)98-30-12-31-101-114(89,90)104-35-15-37-106-117(95,96)111-58-42-55(108-59(58)43-107-116(93,94)105-36-14-34-103-115(91,92)102-33-13-32-100-113(87,88)99-29-11-5-4-9-26-70-61(78)17-7-6-16-60-63-54(44-118-60)73-68(84)74-63)50-38-45(65(81)75-66(50)82)19-25-62(79)71-27-8-2-3-10-28-72-64(80)46-18-22-49-53(39-46)69(110-67(49)83)51-23-20-47(76)40-56(51)109-57-41-48(77)21-24-52(57)69/h18-25,38-41,50-51,54-56,58-60,63,76-77H,2-17,26-37,42-44H2,1H3,(H,70,78)(H,71,79)(H,72,80)(H,85,86)(H,87,88)(H,89,90)(H,91,92)(H,93,94)(H,95,96)(H2,73,74,84)(H,75,81,82)/b25-19+. The fraction of sp³-hybridized carbons (Fsp3) is 0.609. The van der Waals surface area contributed by atoms with E-state index >= 15 is 0 Å². The van der Waals surface area contributed by atoms with Crippen LogP contribution in [0.5, 0.6) is 11.5 Å². The maximum absolute atomic E-state index is 13.6. The smallest absolute Gasteiger partial charge is 0.472 e. The lowest BCUT2D eigenvalue weighted by Crippen LogP contribution is -2.48. The van der Waals surface area contributed by atoms with Gasteiger partial charge in [-0.15, -0.1) is 0 Å². The van der Waals surface area contributed by atoms with Crippen molar-refractivity contribution in [3.05, 3.63) is 106 Å². The molecule has 14 N–H and O–H groups in total. The molecular formula is C69H100N6O36P6S. The largest absolute Gasteiger partial charge is 0.508 e. The minimum Gasteiger partial charge on any atom is -0.508 e. The Hall–Kier alpha value is -5.94. The third kappa shape index (κ3) is 29.7. The van der Waals surface area contributed by atoms with Gasteiger partial charge in [0.25, 0.3) is 11.8 Å². The molecule has 0 aromatic heterocycles. The van der Waals surface area contributed by atoms with Crippen molar-refractivity contribution in [2.45, 2.75) is 157 Å². The summed E-state index contributed by atoms with van der Waals surface area (Å²) >= 11 is 1.83. The molecule has 3 saturated heterocycles. The maximum Gasteiger partial charge on any atom is 0.472 e. The third-order valence-electron chi connectivity index (χ3n) is 19.1. The first-order valence-electron chi connectivity index (χ1n) is 38.1. The number of unbranched alkanes of at least 4 members (excludes halogenated alkanes) is 7. The second-order valence-electron chi connectivity index (χ2n) is 27.8. The number of phosphoric ester groups is 6. The van der Waals surface area contributed by atoms with Crippen LogP contribution < -0.4 is 36.6 Å². The Kier molecular flexibility index (Phi) is 36.5. The molecule has 3 fully saturated rings. The molecule has 42 nitrogen and oxygen atoms in total. The molecule has 16 unspecified atom stereocenters. The first-order chi connectivity index (χ1) is 56.0. The van der Waals surface area contributed by atoms with Crippen LogP contribution in [0.2, 0.25) is 0 Å². The molecule has 49 heteroatoms. The van der Waals surface area contributed by atoms with Gasteiger partial charge in [-0.1, -0.05) is 44.3 Å². The number of thioether (sulfide) groups is 1. The lowest BCUT2D eigenvalue weighted by Gasteiger charge is -2.44. The summed E-state index contributed by atoms with van der Waals surface area (Å²) in [7, 11) is -27.7. The van der Waals surface area contributed by atoms with Gasteiger partial charge < -0.3 is 80.4 Å². The van der Waals surface area contributed by atoms with E-state index in [4.69, 9.17) is 59.4 Å². The number of phenolic OH excluding ortho intramolecular Hbond substituents is 1. The fourth-order valence-electron chi connectivity index (χ4n) is 13.4. The van der Waals surface area contributed by atoms with E-state index in [0.717, 1.165) is 56.8 Å². The number of benzene rings is 2. The molecular weight excluding hydrogens is 1710 g/mol. The Labute approximate surface area is 682 Å². The average Bonchev–Trinajstić information content (AvgIpc) is 1.49. The van der Waals surface area contributed by atoms with E-state index < -0.39 is 184 Å². The van der Waals surface area contributed by atoms with Gasteiger partial charge in [-0.25, -0.2) is 37.0 Å². The molecule has 0 radical (unpaired) electrons. The number of aromatic hydroxyl groups is 1. The number of nitrogens with one attached hydrogen (secondary N) is 6. The van der Waals surface area contributed by atoms with Gasteiger partial charge in [0.1, 0.15) is 35.6 Å². The van der Waals surface area contributed by atoms with E-state index in [9.17, 15) is 101 Å². The summed E-state index contributed by atoms with van der Waals surface area (Å²) in [5.74, 6) is -4.64. The fourth-order valence-corrected chi connectivity index (χ4v) is 19.6. The number of phosphoric acid groups is 6. The average molecular weight is 1810 g/mol. The number of imide groups is 1. The molecule has 7 amide bonds. The highest BCUT2D eigenvalue weighted by Crippen LogP contribution is 2.57. The zero-order valence-corrected chi connectivity index (χ0v) is 70.3. The van der Waals surface area contributed by atoms with Crippen molar-refractivity contribution in [2.75, 3.05) is 98.6 Å². The quantitative estimate of drug-likeness (QED) is 0.00772. The Morgan fingerprint density at radius 3 is 1.81 bits per heavy atom. The van der Waals surface area contributed by atoms with Crippen molar-refractivity contribution >= 4 is 100 Å². The van der Waals surface area contributed by atoms with Crippen LogP contribution >= 0.6 is 58.7 Å². The Balaban J connectivity index is 0.671. The van der Waals surface area contributed by atoms with E-state index in [1.165, 1.54) is 36.4 Å². The molecule has 1 spiro atoms. The van der Waals surface area contributed by atoms with Crippen LogP contribution in [0.3, 0.4) is 0 Å². The Morgan fingerprint density at radius 2 is 1.19 bits per heavy atom. The second kappa shape index (κ2) is 44.9. The van der Waals surface area contributed by atoms with Gasteiger partial charge in [0.15, 0.2) is 5.60 Å². The van der Waals surface area contributed by atoms with E-state index in [1.807, 2.05) is 11.8 Å². The number of ether oxygens (including phenoxy) is 3. The number of fused-ring (bicyclic) bond motifs is 7. The number of rotatable bonds is 54. The molecule has 0 bridgehead atoms. The van der Waals surface area contributed by atoms with E-state index in [2.05, 4.69) is 40.9 Å². The van der Waals surface area contributed by atoms with Crippen molar-refractivity contribution in [3.8, 4) is 11.5 Å². The molecule has 2 aromatic carbocycles. The van der Waals surface area contributed by atoms with Crippen molar-refractivity contribution in [1.29, 1.82) is 0 Å². The van der Waals surface area contributed by atoms with Crippen molar-refractivity contribution in [2.24, 2.45) is 11.8 Å². The summed E-state index contributed by atoms with van der Waals surface area (Å²) < 4.78 is 152. The van der Waals surface area contributed by atoms with E-state index in [1.54, 1.807) is 18.2 Å². The molecule has 658 valence electrons. The van der Waals surface area contributed by atoms with Crippen LogP contribution in [0.4, 0.5) is 4.79 Å². The van der Waals surface area contributed by atoms with Gasteiger partial charge in [0.05, 0.1) is 102 Å². The molecule has 1 aliphatic carbocycles. The van der Waals surface area contributed by atoms with Crippen LogP contribution in [0, 0.1) is 11.8 Å². The highest BCUT2D eigenvalue weighted by Gasteiger charge is 2.59. The van der Waals surface area contributed by atoms with Crippen LogP contribution in [0.25, 0.3) is 0 Å². The molecule has 118 heavy (non-hydrogen) atoms. The lowest BCUT2D eigenvalue weighted by atomic mass is 9.70. The van der Waals surface area contributed by atoms with Crippen molar-refractivity contribution in [3.63, 3.8) is 0 Å². The number of urea groups is 1. The summed E-state index contributed by atoms with van der Waals surface area (Å²) in [5, 5.41) is 37.5. The number of carbonyl (C=O) groups is 7. The van der Waals surface area contributed by atoms with Crippen molar-refractivity contribution < 1.29 is 169 Å². The summed E-state index contributed by atoms with van der Waals surface area (Å²) in [6.45, 7) is -4.36. The number of allylic oxidation sites excluding steroid dienone is 1. The monoisotopic (exact) mass is 1810 g/mol. The number of aliphatic hydroxyl groups excluding tert-OH is 1. The highest BCUT2D eigenvalue weighted by molar-refractivity contribution is 8.00. The van der Waals surface area contributed by atoms with Gasteiger partial charge >= 0.3 is 58.9 Å². The second-order valence-corrected chi connectivity index (χ2v) is 37.9. The zero-order valence-electron chi connectivity index (χ0n) is 64.1. The number of aliphatic hydroxyl groups is 1. The molecule has 9 rings (SSSR count). The van der Waals surface area contributed by atoms with Gasteiger partial charge in [-0.3, -0.25) is 83.6 Å². The van der Waals surface area contributed by atoms with Gasteiger partial charge in [0.2, 0.25) is 17.7 Å². The normalized spacial score (nSPS) is 25.5. The maximum atomic E-state index is 13.6. The van der Waals surface area contributed by atoms with Crippen molar-refractivity contribution in [1.82, 2.24) is 31.9 Å². The van der Waals surface area contributed by atoms with E-state index in [0.29, 0.717) is 74.3 Å². The molecule has 0 saturated carbocycles. The third-order valence-corrected chi connectivity index (χ3v) is 26.7. The summed E-state index contributed by atoms with van der Waals surface area (Å²) in [6, 6.07) is 9.18. The number of hydrogen-bond donors (Lipinski definition) is 14. The predicted octanol–water partition coefficient (Wildman–Crippen LogP) is 7.28. The van der Waals surface area contributed by atoms with Gasteiger partial charge in [0, 0.05) is 85.0 Å². The van der Waals surface area contributed by atoms with Crippen LogP contribution in [-0.4, -0.2) is 221 Å². The zero-order chi connectivity index (χ0) is 85.3. The van der Waals surface area contributed by atoms with Gasteiger partial charge in [-0.2, -0.15) is 11.8 Å². The Morgan fingerprint density at radius 1 is 0.619 bits per heavy atom. The number of phenols is 1. The molecule has 16 atom stereocenters. The van der Waals surface area contributed by atoms with E-state index in [-0.39, 0.29) is 103 Å². The van der Waals surface area contributed by atoms with Gasteiger partial charge in [-0.05, 0) is 113 Å². The highest BCUT2D eigenvalue weighted by atomic mass is 32.2. The molecule has 6 heterocycles. The number of hydrogen-bond acceptors (Lipinski definition) is 31. The Bertz CT molecular complexity index is 4290. The van der Waals surface area contributed by atoms with Crippen LogP contribution in [-0.2, 0) is 116 Å². The minimum atomic E-state index is -5.19. The minimum absolute atomic E-state index is 0.0428. The van der Waals surface area contributed by atoms with Crippen LogP contribution in [0.15, 0.2) is 84.2 Å². The number of esters is 1. The molecule has 6 aliphatic heterocycles. The predicted molar refractivity (Wildman–Crippen MR) is 414 cm³/mol. The lowest BCUT2D eigenvalue weighted by molar-refractivity contribution is -0.134. The SMILES string of the molecule is COP(=O)(O)OCCCOP(=O)(O)OCCCOP(=O)(O)OC1CC(C2C=C(/C=C/C(=O)NCCCCCCNC(=O)c3ccc4c(c3)C3(OC4=O)c4ccc(O)cc4OC4C=C(O)C=CC43)C(=O)NC2=O)OC1COP(=O)(O)OCCCOP(=O)(O)OCCCOP(=O)(O)OCCCCCCNC(=O)CCCCC1SCC2NC(=O)NC21. The molecule has 2 aromatic rings. The molecule has 7 aliphatic rings. The summed E-state index contributed by atoms with van der Waals surface area (Å²) in [5.41, 5.74) is -0.302. The van der Waals surface area contributed by atoms with Crippen LogP contribution in [0.1, 0.15) is 141 Å². The topological polar surface area (TPSA) is 594 Å². The number of carbonyl (C=O) groups excluding carboxylic acids is 7. The number of amides is 7. The summed E-state index contributed by atoms with van der Waals surface area (Å²) in [6.07, 6.45) is 8.89. The first kappa shape index (κ1) is 95.9.